The Morgan fingerprint density at radius 2 is 1.94 bits per heavy atom. The molecule has 1 amide bonds. The highest BCUT2D eigenvalue weighted by Crippen LogP contribution is 2.32. The summed E-state index contributed by atoms with van der Waals surface area (Å²) in [5, 5.41) is 6.74. The molecule has 2 fully saturated rings. The smallest absolute Gasteiger partial charge is 0.306 e. The minimum atomic E-state index is -0.307. The second-order valence-corrected chi connectivity index (χ2v) is 9.03. The van der Waals surface area contributed by atoms with Crippen molar-refractivity contribution in [2.75, 3.05) is 25.0 Å². The molecule has 4 aromatic rings. The monoisotopic (exact) mass is 475 g/mol. The van der Waals surface area contributed by atoms with E-state index in [1.165, 1.54) is 12.1 Å². The van der Waals surface area contributed by atoms with Crippen LogP contribution in [0.4, 0.5) is 10.3 Å². The zero-order valence-electron chi connectivity index (χ0n) is 19.2. The average Bonchev–Trinajstić information content (AvgIpc) is 3.63. The summed E-state index contributed by atoms with van der Waals surface area (Å²) in [4.78, 5) is 28.4. The van der Waals surface area contributed by atoms with Crippen molar-refractivity contribution in [3.63, 3.8) is 0 Å². The van der Waals surface area contributed by atoms with Crippen LogP contribution in [0.3, 0.4) is 0 Å². The molecule has 1 aromatic carbocycles. The van der Waals surface area contributed by atoms with Crippen LogP contribution >= 0.6 is 0 Å². The second-order valence-electron chi connectivity index (χ2n) is 9.03. The van der Waals surface area contributed by atoms with Crippen LogP contribution < -0.4 is 10.6 Å². The Morgan fingerprint density at radius 1 is 1.11 bits per heavy atom. The van der Waals surface area contributed by atoms with Crippen molar-refractivity contribution in [2.45, 2.75) is 37.8 Å². The number of carbonyl (C=O) groups is 1. The molecule has 9 nitrogen and oxygen atoms in total. The number of halogens is 1. The van der Waals surface area contributed by atoms with E-state index in [1.54, 1.807) is 30.8 Å². The third-order valence-corrected chi connectivity index (χ3v) is 6.78. The van der Waals surface area contributed by atoms with Crippen LogP contribution in [0, 0.1) is 5.82 Å². The molecule has 10 heteroatoms. The third kappa shape index (κ3) is 4.25. The van der Waals surface area contributed by atoms with Crippen molar-refractivity contribution in [1.29, 1.82) is 0 Å². The summed E-state index contributed by atoms with van der Waals surface area (Å²) in [6.07, 6.45) is 8.73. The Hall–Kier alpha value is -3.79. The van der Waals surface area contributed by atoms with Gasteiger partial charge in [-0.2, -0.15) is 4.98 Å². The van der Waals surface area contributed by atoms with Crippen LogP contribution in [0.5, 0.6) is 0 Å². The summed E-state index contributed by atoms with van der Waals surface area (Å²) >= 11 is 0. The standard InChI is InChI=1S/C25H26FN7O2/c26-17-5-3-16(4-6-17)21-22(33-14-15-35-25(33)31-21)19-7-11-28-24(30-19)29-18-8-12-32(13-9-18)23(34)20-2-1-10-27-20/h3-7,11,14-15,18,20,27H,1-2,8-10,12-13H2,(H,28,29,30)/t20-/m0/s1. The number of aromatic nitrogens is 4. The molecule has 0 radical (unpaired) electrons. The van der Waals surface area contributed by atoms with E-state index in [9.17, 15) is 9.18 Å². The van der Waals surface area contributed by atoms with Gasteiger partial charge in [-0.25, -0.2) is 14.4 Å². The van der Waals surface area contributed by atoms with Gasteiger partial charge in [-0.05, 0) is 62.6 Å². The molecule has 2 saturated heterocycles. The zero-order chi connectivity index (χ0) is 23.8. The molecule has 0 aliphatic carbocycles. The quantitative estimate of drug-likeness (QED) is 0.457. The predicted molar refractivity (Wildman–Crippen MR) is 128 cm³/mol. The average molecular weight is 476 g/mol. The van der Waals surface area contributed by atoms with Crippen molar-refractivity contribution < 1.29 is 13.6 Å². The largest absolute Gasteiger partial charge is 0.432 e. The van der Waals surface area contributed by atoms with Gasteiger partial charge >= 0.3 is 5.84 Å². The molecule has 35 heavy (non-hydrogen) atoms. The molecule has 1 atom stereocenters. The molecule has 0 saturated carbocycles. The number of rotatable bonds is 5. The van der Waals surface area contributed by atoms with Gasteiger partial charge in [0.1, 0.15) is 23.5 Å². The number of piperidine rings is 1. The molecular formula is C25H26FN7O2. The van der Waals surface area contributed by atoms with Gasteiger partial charge in [-0.3, -0.25) is 9.20 Å². The van der Waals surface area contributed by atoms with Crippen molar-refractivity contribution in [3.8, 4) is 22.6 Å². The number of amides is 1. The fraction of sp³-hybridized carbons (Fsp3) is 0.360. The minimum absolute atomic E-state index is 0.0229. The maximum atomic E-state index is 13.5. The lowest BCUT2D eigenvalue weighted by molar-refractivity contribution is -0.134. The van der Waals surface area contributed by atoms with Crippen molar-refractivity contribution in [2.24, 2.45) is 0 Å². The van der Waals surface area contributed by atoms with Crippen molar-refractivity contribution >= 4 is 17.7 Å². The lowest BCUT2D eigenvalue weighted by Gasteiger charge is -2.33. The maximum absolute atomic E-state index is 13.5. The predicted octanol–water partition coefficient (Wildman–Crippen LogP) is 3.35. The Bertz CT molecular complexity index is 1340. The van der Waals surface area contributed by atoms with Crippen molar-refractivity contribution in [3.05, 3.63) is 54.8 Å². The molecule has 0 bridgehead atoms. The Kier molecular flexibility index (Phi) is 5.65. The Balaban J connectivity index is 1.21. The number of likely N-dealkylation sites (tertiary alicyclic amines) is 1. The summed E-state index contributed by atoms with van der Waals surface area (Å²) in [6.45, 7) is 2.37. The molecule has 2 aliphatic rings. The third-order valence-electron chi connectivity index (χ3n) is 6.78. The second kappa shape index (κ2) is 9.10. The normalized spacial score (nSPS) is 18.9. The summed E-state index contributed by atoms with van der Waals surface area (Å²) in [6, 6.07) is 8.19. The molecule has 0 unspecified atom stereocenters. The van der Waals surface area contributed by atoms with Gasteiger partial charge in [0, 0.05) is 37.1 Å². The SMILES string of the molecule is O=C([C@@H]1CCCN1)N1CCC(Nc2nccc(-c3c(-c4ccc(F)cc4)nc4occn34)n2)CC1. The molecule has 6 rings (SSSR count). The number of anilines is 1. The van der Waals surface area contributed by atoms with Crippen LogP contribution in [0.2, 0.25) is 0 Å². The van der Waals surface area contributed by atoms with Gasteiger partial charge < -0.3 is 20.0 Å². The van der Waals surface area contributed by atoms with E-state index < -0.39 is 0 Å². The molecule has 2 aliphatic heterocycles. The van der Waals surface area contributed by atoms with Gasteiger partial charge in [-0.15, -0.1) is 0 Å². The number of carbonyl (C=O) groups excluding carboxylic acids is 1. The van der Waals surface area contributed by atoms with Gasteiger partial charge in [0.25, 0.3) is 0 Å². The first-order valence-electron chi connectivity index (χ1n) is 12.0. The highest BCUT2D eigenvalue weighted by Gasteiger charge is 2.30. The first-order valence-corrected chi connectivity index (χ1v) is 12.0. The summed E-state index contributed by atoms with van der Waals surface area (Å²) in [5.41, 5.74) is 2.84. The minimum Gasteiger partial charge on any atom is -0.432 e. The van der Waals surface area contributed by atoms with E-state index >= 15 is 0 Å². The van der Waals surface area contributed by atoms with E-state index in [0.717, 1.165) is 56.6 Å². The maximum Gasteiger partial charge on any atom is 0.306 e. The number of hydrogen-bond donors (Lipinski definition) is 2. The van der Waals surface area contributed by atoms with Gasteiger partial charge in [0.15, 0.2) is 0 Å². The highest BCUT2D eigenvalue weighted by molar-refractivity contribution is 5.82. The Labute approximate surface area is 201 Å². The molecular weight excluding hydrogens is 449 g/mol. The van der Waals surface area contributed by atoms with Crippen molar-refractivity contribution in [1.82, 2.24) is 29.6 Å². The zero-order valence-corrected chi connectivity index (χ0v) is 19.2. The molecule has 180 valence electrons. The number of imidazole rings is 1. The van der Waals surface area contributed by atoms with Gasteiger partial charge in [0.2, 0.25) is 11.9 Å². The lowest BCUT2D eigenvalue weighted by Crippen LogP contribution is -2.48. The van der Waals surface area contributed by atoms with E-state index in [2.05, 4.69) is 20.6 Å². The molecule has 5 heterocycles. The summed E-state index contributed by atoms with van der Waals surface area (Å²) in [5.74, 6) is 0.867. The number of benzene rings is 1. The summed E-state index contributed by atoms with van der Waals surface area (Å²) < 4.78 is 20.8. The first-order chi connectivity index (χ1) is 17.2. The Morgan fingerprint density at radius 3 is 2.71 bits per heavy atom. The number of nitrogens with one attached hydrogen (secondary N) is 2. The van der Waals surface area contributed by atoms with E-state index in [0.29, 0.717) is 23.2 Å². The number of fused-ring (bicyclic) bond motifs is 1. The fourth-order valence-electron chi connectivity index (χ4n) is 4.94. The molecule has 2 N–H and O–H groups in total. The van der Waals surface area contributed by atoms with Gasteiger partial charge in [0.05, 0.1) is 11.7 Å². The highest BCUT2D eigenvalue weighted by atomic mass is 19.1. The van der Waals surface area contributed by atoms with Gasteiger partial charge in [-0.1, -0.05) is 0 Å². The van der Waals surface area contributed by atoms with Crippen LogP contribution in [-0.2, 0) is 4.79 Å². The van der Waals surface area contributed by atoms with Crippen LogP contribution in [0.1, 0.15) is 25.7 Å². The van der Waals surface area contributed by atoms with E-state index in [-0.39, 0.29) is 23.8 Å². The number of hydrogen-bond acceptors (Lipinski definition) is 7. The first kappa shape index (κ1) is 21.7. The lowest BCUT2D eigenvalue weighted by atomic mass is 10.0. The molecule has 0 spiro atoms. The van der Waals surface area contributed by atoms with Crippen LogP contribution in [0.25, 0.3) is 28.5 Å². The van der Waals surface area contributed by atoms with Crippen LogP contribution in [0.15, 0.2) is 53.4 Å². The topological polar surface area (TPSA) is 101 Å². The van der Waals surface area contributed by atoms with Crippen LogP contribution in [-0.4, -0.2) is 61.9 Å². The van der Waals surface area contributed by atoms with E-state index in [4.69, 9.17) is 9.40 Å². The van der Waals surface area contributed by atoms with E-state index in [1.807, 2.05) is 15.4 Å². The number of oxazole rings is 1. The number of nitrogens with zero attached hydrogens (tertiary/aromatic N) is 5. The summed E-state index contributed by atoms with van der Waals surface area (Å²) in [7, 11) is 0. The fourth-order valence-corrected chi connectivity index (χ4v) is 4.94. The molecule has 3 aromatic heterocycles.